The number of carbonyl (C=O) groups is 1. The van der Waals surface area contributed by atoms with Gasteiger partial charge >= 0.3 is 0 Å². The first-order valence-corrected chi connectivity index (χ1v) is 5.00. The minimum atomic E-state index is -0.254. The first kappa shape index (κ1) is 10.4. The summed E-state index contributed by atoms with van der Waals surface area (Å²) in [6.45, 7) is 2.27. The van der Waals surface area contributed by atoms with E-state index in [1.807, 2.05) is 6.92 Å². The highest BCUT2D eigenvalue weighted by Gasteiger charge is 2.10. The Kier molecular flexibility index (Phi) is 3.00. The summed E-state index contributed by atoms with van der Waals surface area (Å²) >= 11 is 0. The van der Waals surface area contributed by atoms with E-state index in [0.717, 1.165) is 12.2 Å². The van der Waals surface area contributed by atoms with Crippen molar-refractivity contribution in [1.29, 1.82) is 0 Å². The van der Waals surface area contributed by atoms with Gasteiger partial charge in [-0.15, -0.1) is 0 Å². The van der Waals surface area contributed by atoms with Gasteiger partial charge in [-0.05, 0) is 12.1 Å². The van der Waals surface area contributed by atoms with Crippen LogP contribution >= 0.6 is 0 Å². The molecule has 0 aliphatic rings. The normalized spacial score (nSPS) is 10.3. The summed E-state index contributed by atoms with van der Waals surface area (Å²) in [6.07, 6.45) is 2.17. The lowest BCUT2D eigenvalue weighted by atomic mass is 10.3. The monoisotopic (exact) mass is 220 g/mol. The van der Waals surface area contributed by atoms with E-state index in [-0.39, 0.29) is 5.91 Å². The Morgan fingerprint density at radius 2 is 2.44 bits per heavy atom. The SMILES string of the molecule is CCc1ccc(C(=O)NCc2ncn[nH]2)o1. The molecule has 0 saturated carbocycles. The largest absolute Gasteiger partial charge is 0.456 e. The van der Waals surface area contributed by atoms with Crippen LogP contribution in [0.15, 0.2) is 22.9 Å². The lowest BCUT2D eigenvalue weighted by molar-refractivity contribution is 0.0920. The van der Waals surface area contributed by atoms with Gasteiger partial charge in [0.1, 0.15) is 17.9 Å². The van der Waals surface area contributed by atoms with Crippen molar-refractivity contribution in [2.24, 2.45) is 0 Å². The minimum absolute atomic E-state index is 0.254. The highest BCUT2D eigenvalue weighted by Crippen LogP contribution is 2.08. The number of hydrogen-bond acceptors (Lipinski definition) is 4. The van der Waals surface area contributed by atoms with Crippen LogP contribution in [0.5, 0.6) is 0 Å². The molecule has 1 amide bonds. The van der Waals surface area contributed by atoms with Gasteiger partial charge in [-0.1, -0.05) is 6.92 Å². The number of rotatable bonds is 4. The highest BCUT2D eigenvalue weighted by molar-refractivity contribution is 5.91. The van der Waals surface area contributed by atoms with Crippen LogP contribution in [0.2, 0.25) is 0 Å². The Morgan fingerprint density at radius 3 is 3.06 bits per heavy atom. The van der Waals surface area contributed by atoms with Gasteiger partial charge < -0.3 is 9.73 Å². The van der Waals surface area contributed by atoms with E-state index in [4.69, 9.17) is 4.42 Å². The number of hydrogen-bond donors (Lipinski definition) is 2. The molecule has 84 valence electrons. The number of nitrogens with one attached hydrogen (secondary N) is 2. The predicted octanol–water partition coefficient (Wildman–Crippen LogP) is 0.890. The van der Waals surface area contributed by atoms with Crippen LogP contribution in [0.4, 0.5) is 0 Å². The van der Waals surface area contributed by atoms with Gasteiger partial charge in [-0.2, -0.15) is 5.10 Å². The summed E-state index contributed by atoms with van der Waals surface area (Å²) in [5.41, 5.74) is 0. The molecule has 0 aliphatic carbocycles. The van der Waals surface area contributed by atoms with Crippen molar-refractivity contribution in [1.82, 2.24) is 20.5 Å². The third-order valence-corrected chi connectivity index (χ3v) is 2.12. The van der Waals surface area contributed by atoms with Crippen molar-refractivity contribution in [3.05, 3.63) is 35.8 Å². The number of furan rings is 1. The fraction of sp³-hybridized carbons (Fsp3) is 0.300. The molecule has 0 aromatic carbocycles. The maximum atomic E-state index is 11.6. The number of nitrogens with zero attached hydrogens (tertiary/aromatic N) is 2. The fourth-order valence-corrected chi connectivity index (χ4v) is 1.26. The Morgan fingerprint density at radius 1 is 1.56 bits per heavy atom. The molecular weight excluding hydrogens is 208 g/mol. The molecule has 0 bridgehead atoms. The Labute approximate surface area is 92.1 Å². The zero-order valence-corrected chi connectivity index (χ0v) is 8.86. The Hall–Kier alpha value is -2.11. The number of H-pyrrole nitrogens is 1. The van der Waals surface area contributed by atoms with Crippen LogP contribution in [0.3, 0.4) is 0 Å². The van der Waals surface area contributed by atoms with Crippen LogP contribution in [-0.4, -0.2) is 21.1 Å². The summed E-state index contributed by atoms with van der Waals surface area (Å²) in [4.78, 5) is 15.5. The van der Waals surface area contributed by atoms with E-state index in [1.54, 1.807) is 12.1 Å². The molecule has 2 heterocycles. The molecule has 0 unspecified atom stereocenters. The average molecular weight is 220 g/mol. The maximum absolute atomic E-state index is 11.6. The van der Waals surface area contributed by atoms with Gasteiger partial charge in [0.15, 0.2) is 5.76 Å². The van der Waals surface area contributed by atoms with Crippen LogP contribution in [0, 0.1) is 0 Å². The summed E-state index contributed by atoms with van der Waals surface area (Å²) < 4.78 is 5.31. The first-order valence-electron chi connectivity index (χ1n) is 5.00. The van der Waals surface area contributed by atoms with Gasteiger partial charge in [0, 0.05) is 6.42 Å². The third-order valence-electron chi connectivity index (χ3n) is 2.12. The van der Waals surface area contributed by atoms with Crippen molar-refractivity contribution in [2.75, 3.05) is 0 Å². The molecule has 2 aromatic heterocycles. The quantitative estimate of drug-likeness (QED) is 0.801. The molecule has 0 radical (unpaired) electrons. The number of carbonyl (C=O) groups excluding carboxylic acids is 1. The molecule has 2 N–H and O–H groups in total. The average Bonchev–Trinajstić information content (AvgIpc) is 2.96. The third kappa shape index (κ3) is 2.28. The summed E-state index contributed by atoms with van der Waals surface area (Å²) in [5, 5.41) is 9.01. The van der Waals surface area contributed by atoms with E-state index in [0.29, 0.717) is 18.1 Å². The molecular formula is C10H12N4O2. The number of aromatic amines is 1. The van der Waals surface area contributed by atoms with Crippen molar-refractivity contribution >= 4 is 5.91 Å². The van der Waals surface area contributed by atoms with Crippen molar-refractivity contribution in [3.8, 4) is 0 Å². The number of amides is 1. The smallest absolute Gasteiger partial charge is 0.287 e. The van der Waals surface area contributed by atoms with E-state index >= 15 is 0 Å². The van der Waals surface area contributed by atoms with Crippen molar-refractivity contribution < 1.29 is 9.21 Å². The molecule has 6 heteroatoms. The van der Waals surface area contributed by atoms with Gasteiger partial charge in [0.05, 0.1) is 6.54 Å². The van der Waals surface area contributed by atoms with E-state index in [2.05, 4.69) is 20.5 Å². The Balaban J connectivity index is 1.93. The summed E-state index contributed by atoms with van der Waals surface area (Å²) in [6, 6.07) is 3.46. The van der Waals surface area contributed by atoms with Crippen LogP contribution in [-0.2, 0) is 13.0 Å². The topological polar surface area (TPSA) is 83.8 Å². The first-order chi connectivity index (χ1) is 7.79. The van der Waals surface area contributed by atoms with E-state index in [9.17, 15) is 4.79 Å². The van der Waals surface area contributed by atoms with E-state index < -0.39 is 0 Å². The lowest BCUT2D eigenvalue weighted by Crippen LogP contribution is -2.22. The van der Waals surface area contributed by atoms with E-state index in [1.165, 1.54) is 6.33 Å². The molecule has 0 saturated heterocycles. The maximum Gasteiger partial charge on any atom is 0.287 e. The van der Waals surface area contributed by atoms with Crippen molar-refractivity contribution in [2.45, 2.75) is 19.9 Å². The van der Waals surface area contributed by atoms with Gasteiger partial charge in [-0.3, -0.25) is 9.89 Å². The highest BCUT2D eigenvalue weighted by atomic mass is 16.3. The van der Waals surface area contributed by atoms with Gasteiger partial charge in [-0.25, -0.2) is 4.98 Å². The second-order valence-corrected chi connectivity index (χ2v) is 3.23. The zero-order valence-electron chi connectivity index (χ0n) is 8.86. The molecule has 16 heavy (non-hydrogen) atoms. The summed E-state index contributed by atoms with van der Waals surface area (Å²) in [7, 11) is 0. The predicted molar refractivity (Wildman–Crippen MR) is 55.6 cm³/mol. The molecule has 2 rings (SSSR count). The molecule has 0 aliphatic heterocycles. The molecule has 0 atom stereocenters. The van der Waals surface area contributed by atoms with Gasteiger partial charge in [0.2, 0.25) is 0 Å². The minimum Gasteiger partial charge on any atom is -0.456 e. The zero-order chi connectivity index (χ0) is 11.4. The van der Waals surface area contributed by atoms with Crippen LogP contribution in [0.25, 0.3) is 0 Å². The number of aryl methyl sites for hydroxylation is 1. The van der Waals surface area contributed by atoms with Crippen molar-refractivity contribution in [3.63, 3.8) is 0 Å². The molecule has 0 spiro atoms. The summed E-state index contributed by atoms with van der Waals surface area (Å²) in [5.74, 6) is 1.47. The molecule has 2 aromatic rings. The van der Waals surface area contributed by atoms with Crippen LogP contribution in [0.1, 0.15) is 29.1 Å². The second kappa shape index (κ2) is 4.61. The van der Waals surface area contributed by atoms with Crippen LogP contribution < -0.4 is 5.32 Å². The second-order valence-electron chi connectivity index (χ2n) is 3.23. The molecule has 0 fully saturated rings. The molecule has 6 nitrogen and oxygen atoms in total. The fourth-order valence-electron chi connectivity index (χ4n) is 1.26. The van der Waals surface area contributed by atoms with Gasteiger partial charge in [0.25, 0.3) is 5.91 Å². The lowest BCUT2D eigenvalue weighted by Gasteiger charge is -1.99. The number of aromatic nitrogens is 3. The standard InChI is InChI=1S/C10H12N4O2/c1-2-7-3-4-8(16-7)10(15)11-5-9-12-6-13-14-9/h3-4,6H,2,5H2,1H3,(H,11,15)(H,12,13,14). The Bertz CT molecular complexity index is 461.